The lowest BCUT2D eigenvalue weighted by Crippen LogP contribution is -2.62. The third-order valence-electron chi connectivity index (χ3n) is 8.04. The average Bonchev–Trinajstić information content (AvgIpc) is 3.33. The molecule has 1 N–H and O–H groups in total. The number of hydrogen-bond donors (Lipinski definition) is 1. The van der Waals surface area contributed by atoms with Crippen LogP contribution >= 0.6 is 0 Å². The molecule has 2 fully saturated rings. The monoisotopic (exact) mass is 497 g/mol. The third-order valence-corrected chi connectivity index (χ3v) is 8.04. The van der Waals surface area contributed by atoms with Gasteiger partial charge in [-0.2, -0.15) is 13.2 Å². The third kappa shape index (κ3) is 4.60. The van der Waals surface area contributed by atoms with Gasteiger partial charge in [0.25, 0.3) is 5.56 Å². The molecule has 1 aliphatic carbocycles. The Labute approximate surface area is 208 Å². The Morgan fingerprint density at radius 1 is 0.972 bits per heavy atom. The number of rotatable bonds is 5. The molecular weight excluding hydrogens is 467 g/mol. The SMILES string of the molecule is O=c1cc(-c2ccccc2)ncn1C[C@]1(O)CCN([C@H](c2ccccc2)C(F)(F)F)CC12CCCC2. The van der Waals surface area contributed by atoms with Crippen molar-refractivity contribution < 1.29 is 18.3 Å². The van der Waals surface area contributed by atoms with E-state index in [9.17, 15) is 23.1 Å². The number of piperidine rings is 1. The Morgan fingerprint density at radius 2 is 1.61 bits per heavy atom. The van der Waals surface area contributed by atoms with E-state index in [1.807, 2.05) is 30.3 Å². The van der Waals surface area contributed by atoms with Crippen molar-refractivity contribution in [1.82, 2.24) is 14.5 Å². The van der Waals surface area contributed by atoms with E-state index in [2.05, 4.69) is 4.98 Å². The molecule has 0 unspecified atom stereocenters. The van der Waals surface area contributed by atoms with E-state index in [0.717, 1.165) is 18.4 Å². The predicted molar refractivity (Wildman–Crippen MR) is 131 cm³/mol. The molecule has 3 aromatic rings. The first-order chi connectivity index (χ1) is 17.2. The van der Waals surface area contributed by atoms with Gasteiger partial charge in [0.1, 0.15) is 6.04 Å². The molecule has 2 heterocycles. The lowest BCUT2D eigenvalue weighted by Gasteiger charge is -2.54. The maximum absolute atomic E-state index is 14.3. The number of nitrogens with zero attached hydrogens (tertiary/aromatic N) is 3. The first-order valence-electron chi connectivity index (χ1n) is 12.4. The first-order valence-corrected chi connectivity index (χ1v) is 12.4. The average molecular weight is 498 g/mol. The normalized spacial score (nSPS) is 23.1. The van der Waals surface area contributed by atoms with E-state index in [4.69, 9.17) is 0 Å². The van der Waals surface area contributed by atoms with Crippen molar-refractivity contribution in [2.24, 2.45) is 5.41 Å². The molecule has 1 saturated heterocycles. The standard InChI is InChI=1S/C28H30F3N3O2/c29-28(30,31)25(22-11-5-2-6-12-22)33-16-15-27(36,26(18-33)13-7-8-14-26)19-34-20-32-23(17-24(34)35)21-9-3-1-4-10-21/h1-6,9-12,17,20,25,36H,7-8,13-16,18-19H2/t25-,27-/m1/s1. The molecule has 36 heavy (non-hydrogen) atoms. The van der Waals surface area contributed by atoms with Crippen LogP contribution in [0.1, 0.15) is 43.7 Å². The van der Waals surface area contributed by atoms with E-state index in [0.29, 0.717) is 18.5 Å². The van der Waals surface area contributed by atoms with E-state index in [-0.39, 0.29) is 37.2 Å². The summed E-state index contributed by atoms with van der Waals surface area (Å²) in [6.45, 7) is 0.234. The van der Waals surface area contributed by atoms with Gasteiger partial charge >= 0.3 is 6.18 Å². The van der Waals surface area contributed by atoms with Gasteiger partial charge in [-0.3, -0.25) is 14.3 Å². The second kappa shape index (κ2) is 9.48. The van der Waals surface area contributed by atoms with Crippen molar-refractivity contribution in [3.8, 4) is 11.3 Å². The summed E-state index contributed by atoms with van der Waals surface area (Å²) in [5.74, 6) is 0. The predicted octanol–water partition coefficient (Wildman–Crippen LogP) is 5.21. The van der Waals surface area contributed by atoms with Gasteiger partial charge in [0, 0.05) is 30.1 Å². The van der Waals surface area contributed by atoms with Crippen molar-refractivity contribution in [1.29, 1.82) is 0 Å². The van der Waals surface area contributed by atoms with Crippen LogP contribution in [-0.2, 0) is 6.54 Å². The van der Waals surface area contributed by atoms with Gasteiger partial charge in [-0.15, -0.1) is 0 Å². The molecule has 1 aromatic heterocycles. The smallest absolute Gasteiger partial charge is 0.387 e. The van der Waals surface area contributed by atoms with Crippen LogP contribution < -0.4 is 5.56 Å². The van der Waals surface area contributed by atoms with Crippen LogP contribution in [0.2, 0.25) is 0 Å². The molecule has 1 spiro atoms. The van der Waals surface area contributed by atoms with Gasteiger partial charge in [-0.1, -0.05) is 73.5 Å². The van der Waals surface area contributed by atoms with Crippen molar-refractivity contribution in [3.05, 3.63) is 89.0 Å². The highest BCUT2D eigenvalue weighted by molar-refractivity contribution is 5.57. The summed E-state index contributed by atoms with van der Waals surface area (Å²) in [6.07, 6.45) is 0.105. The summed E-state index contributed by atoms with van der Waals surface area (Å²) in [4.78, 5) is 18.9. The quantitative estimate of drug-likeness (QED) is 0.526. The fraction of sp³-hybridized carbons (Fsp3) is 0.429. The number of aromatic nitrogens is 2. The zero-order valence-electron chi connectivity index (χ0n) is 20.0. The fourth-order valence-electron chi connectivity index (χ4n) is 6.19. The van der Waals surface area contributed by atoms with E-state index in [1.54, 1.807) is 18.2 Å². The summed E-state index contributed by atoms with van der Waals surface area (Å²) in [5.41, 5.74) is -0.732. The zero-order valence-corrected chi connectivity index (χ0v) is 20.0. The highest BCUT2D eigenvalue weighted by atomic mass is 19.4. The number of aliphatic hydroxyl groups is 1. The second-order valence-electron chi connectivity index (χ2n) is 10.2. The van der Waals surface area contributed by atoms with Crippen LogP contribution in [0, 0.1) is 5.41 Å². The first kappa shape index (κ1) is 24.7. The molecular formula is C28H30F3N3O2. The number of likely N-dealkylation sites (tertiary alicyclic amines) is 1. The van der Waals surface area contributed by atoms with Crippen molar-refractivity contribution in [2.75, 3.05) is 13.1 Å². The number of hydrogen-bond acceptors (Lipinski definition) is 4. The van der Waals surface area contributed by atoms with E-state index < -0.39 is 23.2 Å². The molecule has 2 aliphatic rings. The molecule has 0 amide bonds. The number of alkyl halides is 3. The molecule has 8 heteroatoms. The minimum atomic E-state index is -4.44. The summed E-state index contributed by atoms with van der Waals surface area (Å²) < 4.78 is 44.2. The molecule has 5 nitrogen and oxygen atoms in total. The number of benzene rings is 2. The number of halogens is 3. The largest absolute Gasteiger partial charge is 0.408 e. The van der Waals surface area contributed by atoms with Gasteiger partial charge in [0.15, 0.2) is 0 Å². The Balaban J connectivity index is 1.43. The maximum Gasteiger partial charge on any atom is 0.408 e. The lowest BCUT2D eigenvalue weighted by molar-refractivity contribution is -0.216. The molecule has 2 aromatic carbocycles. The van der Waals surface area contributed by atoms with Crippen LogP contribution in [0.15, 0.2) is 77.9 Å². The van der Waals surface area contributed by atoms with Crippen LogP contribution in [0.5, 0.6) is 0 Å². The minimum absolute atomic E-state index is 0.0176. The lowest BCUT2D eigenvalue weighted by atomic mass is 9.65. The summed E-state index contributed by atoms with van der Waals surface area (Å²) in [7, 11) is 0. The highest BCUT2D eigenvalue weighted by Gasteiger charge is 2.58. The molecule has 190 valence electrons. The Bertz CT molecular complexity index is 1240. The molecule has 1 aliphatic heterocycles. The summed E-state index contributed by atoms with van der Waals surface area (Å²) >= 11 is 0. The van der Waals surface area contributed by atoms with Crippen molar-refractivity contribution in [3.63, 3.8) is 0 Å². The second-order valence-corrected chi connectivity index (χ2v) is 10.2. The van der Waals surface area contributed by atoms with E-state index in [1.165, 1.54) is 34.0 Å². The fourth-order valence-corrected chi connectivity index (χ4v) is 6.19. The topological polar surface area (TPSA) is 58.4 Å². The molecule has 5 rings (SSSR count). The van der Waals surface area contributed by atoms with Crippen molar-refractivity contribution in [2.45, 2.75) is 56.5 Å². The summed E-state index contributed by atoms with van der Waals surface area (Å²) in [6, 6.07) is 17.1. The molecule has 2 atom stereocenters. The van der Waals surface area contributed by atoms with Gasteiger partial charge in [0.2, 0.25) is 0 Å². The van der Waals surface area contributed by atoms with Gasteiger partial charge in [-0.25, -0.2) is 4.98 Å². The van der Waals surface area contributed by atoms with E-state index >= 15 is 0 Å². The zero-order chi connectivity index (χ0) is 25.4. The van der Waals surface area contributed by atoms with Crippen molar-refractivity contribution >= 4 is 0 Å². The maximum atomic E-state index is 14.3. The van der Waals surface area contributed by atoms with Gasteiger partial charge < -0.3 is 5.11 Å². The molecule has 1 saturated carbocycles. The Morgan fingerprint density at radius 3 is 2.22 bits per heavy atom. The highest BCUT2D eigenvalue weighted by Crippen LogP contribution is 2.54. The van der Waals surface area contributed by atoms with Crippen LogP contribution in [0.25, 0.3) is 11.3 Å². The molecule has 0 bridgehead atoms. The van der Waals surface area contributed by atoms with Crippen LogP contribution in [0.3, 0.4) is 0 Å². The van der Waals surface area contributed by atoms with Gasteiger partial charge in [0.05, 0.1) is 24.2 Å². The van der Waals surface area contributed by atoms with Crippen LogP contribution in [-0.4, -0.2) is 44.4 Å². The Kier molecular flexibility index (Phi) is 6.51. The summed E-state index contributed by atoms with van der Waals surface area (Å²) in [5, 5.41) is 12.0. The van der Waals surface area contributed by atoms with Gasteiger partial charge in [-0.05, 0) is 24.8 Å². The van der Waals surface area contributed by atoms with Crippen LogP contribution in [0.4, 0.5) is 13.2 Å². The minimum Gasteiger partial charge on any atom is -0.387 e. The Hall–Kier alpha value is -2.97. The molecule has 0 radical (unpaired) electrons.